The molecule has 0 fully saturated rings. The van der Waals surface area contributed by atoms with Crippen molar-refractivity contribution in [3.05, 3.63) is 60.8 Å². The number of quaternary nitrogens is 1. The lowest BCUT2D eigenvalue weighted by atomic mass is 10.0. The molecule has 0 aromatic carbocycles. The van der Waals surface area contributed by atoms with Crippen molar-refractivity contribution in [3.8, 4) is 0 Å². The van der Waals surface area contributed by atoms with Crippen molar-refractivity contribution < 1.29 is 42.9 Å². The number of carbonyl (C=O) groups is 3. The molecule has 0 heterocycles. The Hall–Kier alpha value is -3.01. The number of unbranched alkanes of at least 4 members (excludes halogenated alkanes) is 25. The van der Waals surface area contributed by atoms with Crippen LogP contribution in [0.1, 0.15) is 232 Å². The van der Waals surface area contributed by atoms with E-state index in [1.54, 1.807) is 0 Å². The fourth-order valence-electron chi connectivity index (χ4n) is 7.46. The van der Waals surface area contributed by atoms with Gasteiger partial charge in [0.2, 0.25) is 0 Å². The standard InChI is InChI=1S/C58H103NO8/c1-6-8-10-12-14-16-18-20-22-23-24-25-26-27-28-29-30-31-32-33-35-37-39-41-43-45-47-49-56(61)67-54(53-66-58(57(62)63)64-51-50-59(3,4)5)52-65-55(60)48-46-44-42-40-38-36-34-21-19-17-15-13-11-9-7-2/h15,17-18,20-21,23-24,26-27,34,54,58H,6-14,16,19,22,25,28-33,35-53H2,1-5H3/b17-15-,20-18-,24-23-,27-26-,34-21-. The number of carbonyl (C=O) groups excluding carboxylic acids is 3. The molecule has 388 valence electrons. The summed E-state index contributed by atoms with van der Waals surface area (Å²) in [6.07, 6.45) is 58.3. The van der Waals surface area contributed by atoms with E-state index < -0.39 is 24.3 Å². The molecule has 0 aliphatic carbocycles. The second-order valence-electron chi connectivity index (χ2n) is 19.5. The van der Waals surface area contributed by atoms with Gasteiger partial charge in [0, 0.05) is 12.8 Å². The molecule has 0 radical (unpaired) electrons. The van der Waals surface area contributed by atoms with Crippen LogP contribution in [0.3, 0.4) is 0 Å². The van der Waals surface area contributed by atoms with Gasteiger partial charge in [0.25, 0.3) is 0 Å². The summed E-state index contributed by atoms with van der Waals surface area (Å²) in [6, 6.07) is 0. The van der Waals surface area contributed by atoms with Gasteiger partial charge in [-0.15, -0.1) is 0 Å². The first-order chi connectivity index (χ1) is 32.6. The summed E-state index contributed by atoms with van der Waals surface area (Å²) >= 11 is 0. The number of rotatable bonds is 50. The highest BCUT2D eigenvalue weighted by atomic mass is 16.7. The maximum absolute atomic E-state index is 12.8. The molecule has 0 saturated heterocycles. The van der Waals surface area contributed by atoms with Crippen LogP contribution in [-0.2, 0) is 33.3 Å². The van der Waals surface area contributed by atoms with Crippen LogP contribution in [0, 0.1) is 0 Å². The number of hydrogen-bond acceptors (Lipinski definition) is 8. The van der Waals surface area contributed by atoms with Crippen LogP contribution in [-0.4, -0.2) is 82.3 Å². The van der Waals surface area contributed by atoms with Gasteiger partial charge in [0.1, 0.15) is 13.2 Å². The third-order valence-corrected chi connectivity index (χ3v) is 11.7. The molecular formula is C58H103NO8. The summed E-state index contributed by atoms with van der Waals surface area (Å²) < 4.78 is 22.6. The highest BCUT2D eigenvalue weighted by Crippen LogP contribution is 2.15. The summed E-state index contributed by atoms with van der Waals surface area (Å²) in [6.45, 7) is 4.69. The molecule has 0 N–H and O–H groups in total. The predicted molar refractivity (Wildman–Crippen MR) is 278 cm³/mol. The Balaban J connectivity index is 4.26. The lowest BCUT2D eigenvalue weighted by Crippen LogP contribution is -2.44. The number of nitrogens with zero attached hydrogens (tertiary/aromatic N) is 1. The van der Waals surface area contributed by atoms with Gasteiger partial charge in [-0.3, -0.25) is 9.59 Å². The smallest absolute Gasteiger partial charge is 0.306 e. The van der Waals surface area contributed by atoms with E-state index in [4.69, 9.17) is 18.9 Å². The second kappa shape index (κ2) is 49.4. The van der Waals surface area contributed by atoms with E-state index in [-0.39, 0.29) is 38.6 Å². The molecule has 0 rings (SSSR count). The van der Waals surface area contributed by atoms with Gasteiger partial charge < -0.3 is 33.3 Å². The Morgan fingerprint density at radius 2 is 0.806 bits per heavy atom. The molecule has 0 bridgehead atoms. The highest BCUT2D eigenvalue weighted by molar-refractivity contribution is 5.70. The zero-order chi connectivity index (χ0) is 49.2. The maximum atomic E-state index is 12.8. The second-order valence-corrected chi connectivity index (χ2v) is 19.5. The lowest BCUT2D eigenvalue weighted by molar-refractivity contribution is -0.870. The average Bonchev–Trinajstić information content (AvgIpc) is 3.29. The molecule has 0 aromatic heterocycles. The van der Waals surface area contributed by atoms with Crippen LogP contribution in [0.5, 0.6) is 0 Å². The Kier molecular flexibility index (Phi) is 47.2. The number of ether oxygens (including phenoxy) is 4. The van der Waals surface area contributed by atoms with E-state index in [1.807, 2.05) is 21.1 Å². The van der Waals surface area contributed by atoms with Gasteiger partial charge in [-0.25, -0.2) is 0 Å². The molecular weight excluding hydrogens is 839 g/mol. The summed E-state index contributed by atoms with van der Waals surface area (Å²) in [7, 11) is 5.91. The van der Waals surface area contributed by atoms with Gasteiger partial charge in [-0.1, -0.05) is 197 Å². The van der Waals surface area contributed by atoms with Crippen molar-refractivity contribution in [2.24, 2.45) is 0 Å². The SMILES string of the molecule is CCCCC/C=C\C/C=C\CCCCCCCC(=O)OCC(COC(OCC[N+](C)(C)C)C(=O)[O-])OC(=O)CCCCCCCCCCCCCC/C=C\C/C=C\C/C=C\CCCCCCC. The van der Waals surface area contributed by atoms with Crippen molar-refractivity contribution in [1.29, 1.82) is 0 Å². The van der Waals surface area contributed by atoms with Crippen molar-refractivity contribution in [2.45, 2.75) is 245 Å². The van der Waals surface area contributed by atoms with E-state index >= 15 is 0 Å². The molecule has 0 amide bonds. The Labute approximate surface area is 412 Å². The number of esters is 2. The third kappa shape index (κ3) is 50.7. The number of allylic oxidation sites excluding steroid dienone is 10. The first kappa shape index (κ1) is 64.0. The van der Waals surface area contributed by atoms with Crippen molar-refractivity contribution in [1.82, 2.24) is 0 Å². The number of carboxylic acid groups (broad SMARTS) is 1. The van der Waals surface area contributed by atoms with E-state index in [1.165, 1.54) is 122 Å². The molecule has 2 unspecified atom stereocenters. The first-order valence-electron chi connectivity index (χ1n) is 27.4. The molecule has 0 spiro atoms. The number of hydrogen-bond donors (Lipinski definition) is 0. The molecule has 0 saturated carbocycles. The fourth-order valence-corrected chi connectivity index (χ4v) is 7.46. The number of aliphatic carboxylic acids is 1. The molecule has 0 aromatic rings. The third-order valence-electron chi connectivity index (χ3n) is 11.7. The van der Waals surface area contributed by atoms with Gasteiger partial charge in [-0.2, -0.15) is 0 Å². The van der Waals surface area contributed by atoms with Crippen LogP contribution in [0.25, 0.3) is 0 Å². The van der Waals surface area contributed by atoms with Crippen LogP contribution >= 0.6 is 0 Å². The molecule has 9 nitrogen and oxygen atoms in total. The zero-order valence-electron chi connectivity index (χ0n) is 44.0. The van der Waals surface area contributed by atoms with Crippen molar-refractivity contribution in [2.75, 3.05) is 47.5 Å². The fraction of sp³-hybridized carbons (Fsp3) is 0.776. The molecule has 9 heteroatoms. The highest BCUT2D eigenvalue weighted by Gasteiger charge is 2.22. The van der Waals surface area contributed by atoms with Crippen LogP contribution < -0.4 is 5.11 Å². The Morgan fingerprint density at radius 3 is 1.22 bits per heavy atom. The number of carboxylic acids is 1. The van der Waals surface area contributed by atoms with E-state index in [0.717, 1.165) is 77.0 Å². The van der Waals surface area contributed by atoms with Gasteiger partial charge in [-0.05, 0) is 83.5 Å². The zero-order valence-corrected chi connectivity index (χ0v) is 44.0. The molecule has 2 atom stereocenters. The number of likely N-dealkylation sites (N-methyl/N-ethyl adjacent to an activating group) is 1. The summed E-state index contributed by atoms with van der Waals surface area (Å²) in [5.74, 6) is -2.30. The predicted octanol–water partition coefficient (Wildman–Crippen LogP) is 14.3. The van der Waals surface area contributed by atoms with Gasteiger partial charge in [0.15, 0.2) is 12.4 Å². The Morgan fingerprint density at radius 1 is 0.448 bits per heavy atom. The van der Waals surface area contributed by atoms with Crippen molar-refractivity contribution in [3.63, 3.8) is 0 Å². The van der Waals surface area contributed by atoms with Gasteiger partial charge >= 0.3 is 11.9 Å². The van der Waals surface area contributed by atoms with E-state index in [0.29, 0.717) is 17.4 Å². The maximum Gasteiger partial charge on any atom is 0.306 e. The summed E-state index contributed by atoms with van der Waals surface area (Å²) in [5, 5.41) is 11.7. The monoisotopic (exact) mass is 942 g/mol. The van der Waals surface area contributed by atoms with Crippen LogP contribution in [0.4, 0.5) is 0 Å². The largest absolute Gasteiger partial charge is 0.545 e. The molecule has 0 aliphatic heterocycles. The minimum Gasteiger partial charge on any atom is -0.545 e. The van der Waals surface area contributed by atoms with Gasteiger partial charge in [0.05, 0.1) is 40.3 Å². The topological polar surface area (TPSA) is 111 Å². The minimum absolute atomic E-state index is 0.143. The van der Waals surface area contributed by atoms with E-state index in [9.17, 15) is 19.5 Å². The quantitative estimate of drug-likeness (QED) is 0.0195. The van der Waals surface area contributed by atoms with Crippen LogP contribution in [0.15, 0.2) is 60.8 Å². The summed E-state index contributed by atoms with van der Waals surface area (Å²) in [4.78, 5) is 37.2. The van der Waals surface area contributed by atoms with Crippen LogP contribution in [0.2, 0.25) is 0 Å². The lowest BCUT2D eigenvalue weighted by Gasteiger charge is -2.26. The molecule has 0 aliphatic rings. The first-order valence-corrected chi connectivity index (χ1v) is 27.4. The van der Waals surface area contributed by atoms with E-state index in [2.05, 4.69) is 74.6 Å². The summed E-state index contributed by atoms with van der Waals surface area (Å²) in [5.41, 5.74) is 0. The average molecular weight is 942 g/mol. The minimum atomic E-state index is -1.63. The Bertz CT molecular complexity index is 1280. The van der Waals surface area contributed by atoms with Crippen molar-refractivity contribution >= 4 is 17.9 Å². The molecule has 67 heavy (non-hydrogen) atoms. The normalized spacial score (nSPS) is 13.3.